The second kappa shape index (κ2) is 7.49. The molecule has 0 fully saturated rings. The quantitative estimate of drug-likeness (QED) is 0.499. The van der Waals surface area contributed by atoms with Crippen molar-refractivity contribution >= 4 is 23.5 Å². The molecule has 0 saturated heterocycles. The summed E-state index contributed by atoms with van der Waals surface area (Å²) in [5, 5.41) is 2.69. The fourth-order valence-corrected chi connectivity index (χ4v) is 2.40. The van der Waals surface area contributed by atoms with Gasteiger partial charge in [-0.25, -0.2) is 0 Å². The predicted octanol–water partition coefficient (Wildman–Crippen LogP) is 3.48. The Morgan fingerprint density at radius 2 is 2.12 bits per heavy atom. The highest BCUT2D eigenvalue weighted by molar-refractivity contribution is 6.08. The maximum atomic E-state index is 12.4. The standard InChI is InChI=1S/C20H17NO4/c1-2-11-24-18-6-4-3-5-14(18)7-9-17(22)15-8-10-19-16(12-15)21-20(23)13-25-19/h2-10,12H,1,11,13H2,(H,21,23). The highest BCUT2D eigenvalue weighted by atomic mass is 16.5. The number of nitrogens with one attached hydrogen (secondary N) is 1. The van der Waals surface area contributed by atoms with Crippen molar-refractivity contribution in [3.05, 3.63) is 72.3 Å². The number of para-hydroxylation sites is 1. The van der Waals surface area contributed by atoms with E-state index in [0.717, 1.165) is 5.56 Å². The van der Waals surface area contributed by atoms with Gasteiger partial charge in [-0.1, -0.05) is 30.9 Å². The summed E-state index contributed by atoms with van der Waals surface area (Å²) in [7, 11) is 0. The van der Waals surface area contributed by atoms with Gasteiger partial charge >= 0.3 is 0 Å². The molecule has 25 heavy (non-hydrogen) atoms. The van der Waals surface area contributed by atoms with E-state index in [-0.39, 0.29) is 18.3 Å². The Morgan fingerprint density at radius 3 is 2.96 bits per heavy atom. The average Bonchev–Trinajstić information content (AvgIpc) is 2.64. The van der Waals surface area contributed by atoms with Crippen LogP contribution in [0, 0.1) is 0 Å². The van der Waals surface area contributed by atoms with Crippen molar-refractivity contribution in [2.24, 2.45) is 0 Å². The van der Waals surface area contributed by atoms with E-state index in [1.807, 2.05) is 24.3 Å². The van der Waals surface area contributed by atoms with Crippen molar-refractivity contribution in [3.8, 4) is 11.5 Å². The van der Waals surface area contributed by atoms with Crippen LogP contribution in [0.1, 0.15) is 15.9 Å². The number of fused-ring (bicyclic) bond motifs is 1. The number of rotatable bonds is 6. The highest BCUT2D eigenvalue weighted by Crippen LogP contribution is 2.29. The van der Waals surface area contributed by atoms with Crippen LogP contribution in [0.2, 0.25) is 0 Å². The predicted molar refractivity (Wildman–Crippen MR) is 96.1 cm³/mol. The number of anilines is 1. The molecule has 1 heterocycles. The van der Waals surface area contributed by atoms with E-state index in [4.69, 9.17) is 9.47 Å². The molecule has 5 nitrogen and oxygen atoms in total. The minimum Gasteiger partial charge on any atom is -0.489 e. The van der Waals surface area contributed by atoms with Crippen molar-refractivity contribution in [1.82, 2.24) is 0 Å². The van der Waals surface area contributed by atoms with Crippen LogP contribution >= 0.6 is 0 Å². The number of benzene rings is 2. The first-order chi connectivity index (χ1) is 12.2. The number of allylic oxidation sites excluding steroid dienone is 1. The van der Waals surface area contributed by atoms with Crippen LogP contribution < -0.4 is 14.8 Å². The normalized spacial score (nSPS) is 12.9. The van der Waals surface area contributed by atoms with Gasteiger partial charge in [0, 0.05) is 11.1 Å². The average molecular weight is 335 g/mol. The smallest absolute Gasteiger partial charge is 0.262 e. The molecule has 0 radical (unpaired) electrons. The van der Waals surface area contributed by atoms with Gasteiger partial charge in [0.1, 0.15) is 18.1 Å². The van der Waals surface area contributed by atoms with Crippen LogP contribution in [0.5, 0.6) is 11.5 Å². The number of hydrogen-bond acceptors (Lipinski definition) is 4. The van der Waals surface area contributed by atoms with E-state index in [1.165, 1.54) is 6.08 Å². The van der Waals surface area contributed by atoms with Crippen LogP contribution in [0.3, 0.4) is 0 Å². The van der Waals surface area contributed by atoms with E-state index in [2.05, 4.69) is 11.9 Å². The van der Waals surface area contributed by atoms with Gasteiger partial charge in [0.25, 0.3) is 5.91 Å². The zero-order valence-electron chi connectivity index (χ0n) is 13.5. The lowest BCUT2D eigenvalue weighted by atomic mass is 10.1. The molecule has 0 unspecified atom stereocenters. The molecule has 0 bridgehead atoms. The Balaban J connectivity index is 1.78. The Morgan fingerprint density at radius 1 is 1.28 bits per heavy atom. The summed E-state index contributed by atoms with van der Waals surface area (Å²) in [5.74, 6) is 0.822. The van der Waals surface area contributed by atoms with Gasteiger partial charge in [-0.05, 0) is 36.4 Å². The minimum atomic E-state index is -0.235. The number of hydrogen-bond donors (Lipinski definition) is 1. The molecule has 1 aliphatic heterocycles. The van der Waals surface area contributed by atoms with Crippen molar-refractivity contribution < 1.29 is 19.1 Å². The van der Waals surface area contributed by atoms with Gasteiger partial charge in [0.05, 0.1) is 5.69 Å². The second-order valence-electron chi connectivity index (χ2n) is 5.38. The molecule has 0 aliphatic carbocycles. The Bertz CT molecular complexity index is 855. The lowest BCUT2D eigenvalue weighted by Gasteiger charge is -2.18. The van der Waals surface area contributed by atoms with Gasteiger partial charge in [0.15, 0.2) is 12.4 Å². The molecule has 0 atom stereocenters. The maximum absolute atomic E-state index is 12.4. The molecule has 3 rings (SSSR count). The SMILES string of the molecule is C=CCOc1ccccc1C=CC(=O)c1ccc2c(c1)NC(=O)CO2. The first-order valence-corrected chi connectivity index (χ1v) is 7.79. The highest BCUT2D eigenvalue weighted by Gasteiger charge is 2.17. The zero-order valence-corrected chi connectivity index (χ0v) is 13.5. The van der Waals surface area contributed by atoms with Gasteiger partial charge in [-0.2, -0.15) is 0 Å². The van der Waals surface area contributed by atoms with E-state index in [1.54, 1.807) is 30.4 Å². The molecule has 2 aromatic carbocycles. The van der Waals surface area contributed by atoms with Crippen LogP contribution in [0.15, 0.2) is 61.2 Å². The number of amides is 1. The van der Waals surface area contributed by atoms with Crippen LogP contribution in [-0.2, 0) is 4.79 Å². The summed E-state index contributed by atoms with van der Waals surface area (Å²) in [6.45, 7) is 4.00. The Labute approximate surface area is 145 Å². The molecule has 0 aromatic heterocycles. The third-order valence-electron chi connectivity index (χ3n) is 3.59. The molecule has 1 aliphatic rings. The molecule has 0 spiro atoms. The Kier molecular flexibility index (Phi) is 4.95. The molecule has 5 heteroatoms. The number of ether oxygens (including phenoxy) is 2. The van der Waals surface area contributed by atoms with Gasteiger partial charge in [-0.15, -0.1) is 0 Å². The molecular weight excluding hydrogens is 318 g/mol. The summed E-state index contributed by atoms with van der Waals surface area (Å²) in [6.07, 6.45) is 4.84. The maximum Gasteiger partial charge on any atom is 0.262 e. The summed E-state index contributed by atoms with van der Waals surface area (Å²) in [5.41, 5.74) is 1.77. The van der Waals surface area contributed by atoms with E-state index >= 15 is 0 Å². The molecule has 0 saturated carbocycles. The topological polar surface area (TPSA) is 64.6 Å². The van der Waals surface area contributed by atoms with E-state index in [0.29, 0.717) is 29.4 Å². The largest absolute Gasteiger partial charge is 0.489 e. The fourth-order valence-electron chi connectivity index (χ4n) is 2.40. The van der Waals surface area contributed by atoms with Crippen molar-refractivity contribution in [1.29, 1.82) is 0 Å². The monoisotopic (exact) mass is 335 g/mol. The molecule has 126 valence electrons. The Hall–Kier alpha value is -3.34. The van der Waals surface area contributed by atoms with Gasteiger partial charge in [0.2, 0.25) is 0 Å². The van der Waals surface area contributed by atoms with Gasteiger partial charge < -0.3 is 14.8 Å². The third kappa shape index (κ3) is 3.95. The number of ketones is 1. The summed E-state index contributed by atoms with van der Waals surface area (Å²) < 4.78 is 10.9. The van der Waals surface area contributed by atoms with Crippen molar-refractivity contribution in [3.63, 3.8) is 0 Å². The summed E-state index contributed by atoms with van der Waals surface area (Å²) >= 11 is 0. The minimum absolute atomic E-state index is 0.0122. The lowest BCUT2D eigenvalue weighted by Crippen LogP contribution is -2.25. The van der Waals surface area contributed by atoms with Gasteiger partial charge in [-0.3, -0.25) is 9.59 Å². The molecule has 2 aromatic rings. The third-order valence-corrected chi connectivity index (χ3v) is 3.59. The fraction of sp³-hybridized carbons (Fsp3) is 0.100. The van der Waals surface area contributed by atoms with Crippen LogP contribution in [-0.4, -0.2) is 24.9 Å². The molecular formula is C20H17NO4. The molecule has 1 N–H and O–H groups in total. The number of carbonyl (C=O) groups is 2. The first-order valence-electron chi connectivity index (χ1n) is 7.79. The lowest BCUT2D eigenvalue weighted by molar-refractivity contribution is -0.118. The summed E-state index contributed by atoms with van der Waals surface area (Å²) in [6, 6.07) is 12.4. The van der Waals surface area contributed by atoms with Crippen LogP contribution in [0.4, 0.5) is 5.69 Å². The molecule has 1 amide bonds. The van der Waals surface area contributed by atoms with Crippen molar-refractivity contribution in [2.45, 2.75) is 0 Å². The van der Waals surface area contributed by atoms with E-state index in [9.17, 15) is 9.59 Å². The first kappa shape index (κ1) is 16.5. The van der Waals surface area contributed by atoms with E-state index < -0.39 is 0 Å². The second-order valence-corrected chi connectivity index (χ2v) is 5.38. The van der Waals surface area contributed by atoms with Crippen LogP contribution in [0.25, 0.3) is 6.08 Å². The summed E-state index contributed by atoms with van der Waals surface area (Å²) in [4.78, 5) is 23.8. The van der Waals surface area contributed by atoms with Crippen molar-refractivity contribution in [2.75, 3.05) is 18.5 Å². The number of carbonyl (C=O) groups excluding carboxylic acids is 2. The zero-order chi connectivity index (χ0) is 17.6.